The number of likely N-dealkylation sites (N-methyl/N-ethyl adjacent to an activating group) is 1. The third-order valence-electron chi connectivity index (χ3n) is 4.27. The molecule has 1 heterocycles. The van der Waals surface area contributed by atoms with Gasteiger partial charge in [0.15, 0.2) is 0 Å². The molecule has 0 saturated heterocycles. The summed E-state index contributed by atoms with van der Waals surface area (Å²) in [6.45, 7) is 5.35. The molecule has 2 rings (SSSR count). The molecule has 7 heteroatoms. The average Bonchev–Trinajstić information content (AvgIpc) is 2.60. The number of anilines is 1. The van der Waals surface area contributed by atoms with Gasteiger partial charge >= 0.3 is 0 Å². The van der Waals surface area contributed by atoms with E-state index in [0.717, 1.165) is 11.4 Å². The lowest BCUT2D eigenvalue weighted by Crippen LogP contribution is -2.44. The van der Waals surface area contributed by atoms with Crippen LogP contribution in [0.3, 0.4) is 0 Å². The van der Waals surface area contributed by atoms with Crippen molar-refractivity contribution in [1.82, 2.24) is 10.2 Å². The van der Waals surface area contributed by atoms with Crippen LogP contribution in [-0.2, 0) is 9.53 Å². The molecule has 2 amide bonds. The molecule has 0 saturated carbocycles. The van der Waals surface area contributed by atoms with Crippen LogP contribution in [0, 0.1) is 0 Å². The van der Waals surface area contributed by atoms with E-state index >= 15 is 0 Å². The Labute approximate surface area is 155 Å². The molecule has 144 valence electrons. The van der Waals surface area contributed by atoms with Crippen LogP contribution in [0.5, 0.6) is 5.75 Å². The zero-order chi connectivity index (χ0) is 19.3. The Bertz CT molecular complexity index is 646. The van der Waals surface area contributed by atoms with E-state index in [4.69, 9.17) is 9.47 Å². The summed E-state index contributed by atoms with van der Waals surface area (Å²) in [5, 5.41) is 2.87. The van der Waals surface area contributed by atoms with Crippen molar-refractivity contribution < 1.29 is 19.1 Å². The number of nitrogens with one attached hydrogen (secondary N) is 1. The van der Waals surface area contributed by atoms with E-state index in [0.29, 0.717) is 31.7 Å². The van der Waals surface area contributed by atoms with Crippen LogP contribution in [0.15, 0.2) is 18.2 Å². The summed E-state index contributed by atoms with van der Waals surface area (Å²) in [5.74, 6) is 0.623. The number of hydrogen-bond donors (Lipinski definition) is 1. The lowest BCUT2D eigenvalue weighted by atomic mass is 10.1. The zero-order valence-electron chi connectivity index (χ0n) is 16.2. The van der Waals surface area contributed by atoms with Gasteiger partial charge in [0.2, 0.25) is 5.91 Å². The summed E-state index contributed by atoms with van der Waals surface area (Å²) in [4.78, 5) is 27.9. The first kappa shape index (κ1) is 20.0. The van der Waals surface area contributed by atoms with Gasteiger partial charge in [0.05, 0.1) is 30.9 Å². The topological polar surface area (TPSA) is 71.1 Å². The SMILES string of the molecule is CC(C)OCCNC(=O)C[C@@H]1COc2ccc(C(=O)N(C)C)cc2N1C. The van der Waals surface area contributed by atoms with E-state index in [2.05, 4.69) is 5.32 Å². The summed E-state index contributed by atoms with van der Waals surface area (Å²) in [5.41, 5.74) is 1.42. The molecule has 0 bridgehead atoms. The van der Waals surface area contributed by atoms with Gasteiger partial charge in [-0.25, -0.2) is 0 Å². The highest BCUT2D eigenvalue weighted by Crippen LogP contribution is 2.34. The Balaban J connectivity index is 1.97. The second kappa shape index (κ2) is 8.89. The van der Waals surface area contributed by atoms with Gasteiger partial charge < -0.3 is 24.6 Å². The number of hydrogen-bond acceptors (Lipinski definition) is 5. The van der Waals surface area contributed by atoms with Crippen molar-refractivity contribution in [2.24, 2.45) is 0 Å². The summed E-state index contributed by atoms with van der Waals surface area (Å²) < 4.78 is 11.2. The Kier molecular flexibility index (Phi) is 6.85. The van der Waals surface area contributed by atoms with Crippen molar-refractivity contribution in [2.45, 2.75) is 32.4 Å². The van der Waals surface area contributed by atoms with E-state index in [1.807, 2.05) is 37.9 Å². The molecule has 0 aromatic heterocycles. The normalized spacial score (nSPS) is 16.1. The molecule has 26 heavy (non-hydrogen) atoms. The Hall–Kier alpha value is -2.28. The quantitative estimate of drug-likeness (QED) is 0.744. The molecule has 0 unspecified atom stereocenters. The van der Waals surface area contributed by atoms with Gasteiger partial charge in [-0.15, -0.1) is 0 Å². The fourth-order valence-corrected chi connectivity index (χ4v) is 2.77. The average molecular weight is 363 g/mol. The van der Waals surface area contributed by atoms with Crippen molar-refractivity contribution in [3.8, 4) is 5.75 Å². The summed E-state index contributed by atoms with van der Waals surface area (Å²) in [7, 11) is 5.36. The van der Waals surface area contributed by atoms with Crippen LogP contribution >= 0.6 is 0 Å². The van der Waals surface area contributed by atoms with Gasteiger partial charge in [0.1, 0.15) is 12.4 Å². The molecular formula is C19H29N3O4. The predicted molar refractivity (Wildman–Crippen MR) is 101 cm³/mol. The van der Waals surface area contributed by atoms with Gasteiger partial charge in [-0.3, -0.25) is 9.59 Å². The summed E-state index contributed by atoms with van der Waals surface area (Å²) >= 11 is 0. The van der Waals surface area contributed by atoms with Crippen LogP contribution in [-0.4, -0.2) is 69.8 Å². The van der Waals surface area contributed by atoms with E-state index < -0.39 is 0 Å². The highest BCUT2D eigenvalue weighted by molar-refractivity contribution is 5.95. The highest BCUT2D eigenvalue weighted by atomic mass is 16.5. The zero-order valence-corrected chi connectivity index (χ0v) is 16.2. The predicted octanol–water partition coefficient (Wildman–Crippen LogP) is 1.52. The third kappa shape index (κ3) is 5.11. The Morgan fingerprint density at radius 1 is 1.38 bits per heavy atom. The van der Waals surface area contributed by atoms with Gasteiger partial charge in [-0.05, 0) is 32.0 Å². The number of carbonyl (C=O) groups excluding carboxylic acids is 2. The molecule has 1 aromatic rings. The van der Waals surface area contributed by atoms with Crippen LogP contribution in [0.2, 0.25) is 0 Å². The van der Waals surface area contributed by atoms with Crippen LogP contribution < -0.4 is 15.0 Å². The maximum atomic E-state index is 12.2. The molecule has 0 aliphatic carbocycles. The minimum Gasteiger partial charge on any atom is -0.489 e. The van der Waals surface area contributed by atoms with Crippen molar-refractivity contribution in [3.63, 3.8) is 0 Å². The first-order chi connectivity index (χ1) is 12.3. The smallest absolute Gasteiger partial charge is 0.253 e. The molecular weight excluding hydrogens is 334 g/mol. The van der Waals surface area contributed by atoms with E-state index in [1.54, 1.807) is 20.2 Å². The fourth-order valence-electron chi connectivity index (χ4n) is 2.77. The van der Waals surface area contributed by atoms with E-state index in [1.165, 1.54) is 4.90 Å². The van der Waals surface area contributed by atoms with Crippen molar-refractivity contribution in [1.29, 1.82) is 0 Å². The number of benzene rings is 1. The van der Waals surface area contributed by atoms with Gasteiger partial charge in [0.25, 0.3) is 5.91 Å². The molecule has 0 radical (unpaired) electrons. The van der Waals surface area contributed by atoms with Gasteiger partial charge in [0, 0.05) is 33.3 Å². The fraction of sp³-hybridized carbons (Fsp3) is 0.579. The largest absolute Gasteiger partial charge is 0.489 e. The molecule has 1 aliphatic rings. The summed E-state index contributed by atoms with van der Waals surface area (Å²) in [6, 6.07) is 5.30. The molecule has 1 aromatic carbocycles. The molecule has 1 atom stereocenters. The maximum absolute atomic E-state index is 12.2. The van der Waals surface area contributed by atoms with Gasteiger partial charge in [-0.2, -0.15) is 0 Å². The first-order valence-electron chi connectivity index (χ1n) is 8.89. The highest BCUT2D eigenvalue weighted by Gasteiger charge is 2.27. The second-order valence-corrected chi connectivity index (χ2v) is 6.93. The van der Waals surface area contributed by atoms with Crippen molar-refractivity contribution >= 4 is 17.5 Å². The lowest BCUT2D eigenvalue weighted by molar-refractivity contribution is -0.122. The van der Waals surface area contributed by atoms with Gasteiger partial charge in [-0.1, -0.05) is 0 Å². The molecule has 7 nitrogen and oxygen atoms in total. The molecule has 1 aliphatic heterocycles. The minimum atomic E-state index is -0.0850. The Morgan fingerprint density at radius 2 is 2.12 bits per heavy atom. The van der Waals surface area contributed by atoms with Crippen LogP contribution in [0.4, 0.5) is 5.69 Å². The number of nitrogens with zero attached hydrogens (tertiary/aromatic N) is 2. The maximum Gasteiger partial charge on any atom is 0.253 e. The standard InChI is InChI=1S/C19H29N3O4/c1-13(2)25-9-8-20-18(23)11-15-12-26-17-7-6-14(19(24)21(3)4)10-16(17)22(15)5/h6-7,10,13,15H,8-9,11-12H2,1-5H3,(H,20,23)/t15-/m1/s1. The molecule has 1 N–H and O–H groups in total. The first-order valence-corrected chi connectivity index (χ1v) is 8.89. The number of fused-ring (bicyclic) bond motifs is 1. The molecule has 0 spiro atoms. The lowest BCUT2D eigenvalue weighted by Gasteiger charge is -2.35. The second-order valence-electron chi connectivity index (χ2n) is 6.93. The minimum absolute atomic E-state index is 0.0400. The number of amides is 2. The number of carbonyl (C=O) groups is 2. The van der Waals surface area contributed by atoms with E-state index in [-0.39, 0.29) is 24.0 Å². The monoisotopic (exact) mass is 363 g/mol. The summed E-state index contributed by atoms with van der Waals surface area (Å²) in [6.07, 6.45) is 0.476. The third-order valence-corrected chi connectivity index (χ3v) is 4.27. The Morgan fingerprint density at radius 3 is 2.77 bits per heavy atom. The van der Waals surface area contributed by atoms with Crippen molar-refractivity contribution in [3.05, 3.63) is 23.8 Å². The van der Waals surface area contributed by atoms with E-state index in [9.17, 15) is 9.59 Å². The number of ether oxygens (including phenoxy) is 2. The van der Waals surface area contributed by atoms with Crippen molar-refractivity contribution in [2.75, 3.05) is 45.8 Å². The van der Waals surface area contributed by atoms with Crippen LogP contribution in [0.25, 0.3) is 0 Å². The number of rotatable bonds is 7. The molecule has 0 fully saturated rings. The van der Waals surface area contributed by atoms with Crippen LogP contribution in [0.1, 0.15) is 30.6 Å².